The van der Waals surface area contributed by atoms with Gasteiger partial charge in [0.25, 0.3) is 0 Å². The van der Waals surface area contributed by atoms with Crippen LogP contribution in [0.15, 0.2) is 97.7 Å². The number of phenolic OH excluding ortho intramolecular Hbond substituents is 1. The average Bonchev–Trinajstić information content (AvgIpc) is 1.43. The van der Waals surface area contributed by atoms with Crippen molar-refractivity contribution in [1.29, 1.82) is 0 Å². The standard InChI is InChI=1S/C93H131N23O21S/c1-7-9-26-72-86(130)105-64(33-34-79(122)123)83(127)111-71(81(125)101-47-77(97)120)49-138-50-78(121)103-68(38-53-29-31-57(117)32-30-53)89(133)112(4)52(3)80(124)109-70(43-76(96)119)92(136)115-37-19-28-73(115)87(131)108-67(41-56-46-98-51-102-56)85(129)106-65(25-16-18-36-95)91(135)116-48-58(118)42-75(116)88(132)107-66(39-54-44-99-61-22-13-11-20-59(54)61)84(128)104-63(24-15-17-35-94)82(126)110-69(40-55-45-100-62-23-14-12-21-60(55)62)90(134)114(6)74(27-10-8-2)93(137)113(72)5/h11-14,20-23,29-32,44-46,51-52,58,63-75,99-100,117-118H,7-10,15-19,24-28,33-43,47-50,94-95H2,1-6H3,(H2,96,119)(H2,97,120)(H,98,102)(H,101,125)(H,103,121)(H,104,128)(H,105,130)(H,106,129)(H,107,132)(H,108,131)(H,109,124)(H,110,126)(H,111,127)(H,122,123)/t52-,58+,63-,64-,65-,66-,67-,68-,69-,70-,71-,72-,73-,74-,75-/m0/s1. The number of carboxylic acid groups (broad SMARTS) is 1. The molecule has 3 saturated heterocycles. The van der Waals surface area contributed by atoms with E-state index in [9.17, 15) is 63.3 Å². The van der Waals surface area contributed by atoms with Crippen molar-refractivity contribution < 1.29 is 102 Å². The molecular weight excluding hydrogens is 1810 g/mol. The first-order valence-electron chi connectivity index (χ1n) is 46.6. The molecule has 3 aliphatic rings. The van der Waals surface area contributed by atoms with Crippen LogP contribution in [0.2, 0.25) is 0 Å². The van der Waals surface area contributed by atoms with Gasteiger partial charge in [-0.15, -0.1) is 11.8 Å². The summed E-state index contributed by atoms with van der Waals surface area (Å²) in [6.45, 7) is 3.84. The van der Waals surface area contributed by atoms with E-state index in [4.69, 9.17) is 22.9 Å². The predicted molar refractivity (Wildman–Crippen MR) is 507 cm³/mol. The second-order valence-corrected chi connectivity index (χ2v) is 36.2. The fraction of sp³-hybridized carbons (Fsp3) is 0.538. The summed E-state index contributed by atoms with van der Waals surface area (Å²) in [7, 11) is 3.87. The maximum Gasteiger partial charge on any atom is 0.303 e. The molecule has 138 heavy (non-hydrogen) atoms. The SMILES string of the molecule is CCCC[C@H]1C(=O)N(C)[C@@H](CCCC)C(=O)N[C@@H](CCC(=O)O)C(=O)N[C@H](C(=O)NCC(N)=O)CSCC(=O)N[C@@H](Cc2ccc(O)cc2)C(=O)N(C)[C@@H](C)C(=O)N[C@@H](CC(N)=O)C(=O)N2CCC[C@H]2C(=O)N[C@@H](Cc2c[nH]cn2)C(=O)N[C@@H](CCCCN)C(=O)N2C[C@H](O)C[C@H]2C(=O)N[C@@H](Cc2c[nH]c3ccccc23)C(=O)N[C@@H](CCCCN)C(=O)N[C@@H](Cc2c[nH]c3ccccc23)C(=O)N1C. The summed E-state index contributed by atoms with van der Waals surface area (Å²) < 4.78 is 0. The number of unbranched alkanes of at least 4 members (excludes halogenated alkanes) is 4. The number of nitrogens with two attached hydrogens (primary N) is 4. The van der Waals surface area contributed by atoms with E-state index >= 15 is 38.4 Å². The lowest BCUT2D eigenvalue weighted by Gasteiger charge is -2.36. The molecule has 3 aliphatic heterocycles. The van der Waals surface area contributed by atoms with Crippen LogP contribution in [0.4, 0.5) is 0 Å². The normalized spacial score (nSPS) is 24.5. The number of primary amides is 2. The summed E-state index contributed by atoms with van der Waals surface area (Å²) in [5.74, 6) is -18.8. The number of rotatable bonds is 30. The average molecular weight is 1940 g/mol. The van der Waals surface area contributed by atoms with Gasteiger partial charge in [-0.3, -0.25) is 86.3 Å². The van der Waals surface area contributed by atoms with Crippen LogP contribution in [-0.4, -0.2) is 322 Å². The summed E-state index contributed by atoms with van der Waals surface area (Å²) in [6.07, 6.45) is 3.45. The quantitative estimate of drug-likeness (QED) is 0.0215. The number of likely N-dealkylation sites (N-methyl/N-ethyl adjacent to an activating group) is 3. The van der Waals surface area contributed by atoms with Gasteiger partial charge in [0.2, 0.25) is 100 Å². The summed E-state index contributed by atoms with van der Waals surface area (Å²) in [5, 5.41) is 59.8. The number of thioether (sulfide) groups is 1. The van der Waals surface area contributed by atoms with Gasteiger partial charge >= 0.3 is 5.97 Å². The summed E-state index contributed by atoms with van der Waals surface area (Å²) >= 11 is 0.713. The third-order valence-electron chi connectivity index (χ3n) is 25.0. The lowest BCUT2D eigenvalue weighted by atomic mass is 9.99. The van der Waals surface area contributed by atoms with E-state index in [1.54, 1.807) is 67.8 Å². The summed E-state index contributed by atoms with van der Waals surface area (Å²) in [4.78, 5) is 283. The first-order valence-corrected chi connectivity index (χ1v) is 47.8. The van der Waals surface area contributed by atoms with E-state index in [0.717, 1.165) is 24.5 Å². The number of hydrogen-bond donors (Lipinski definition) is 20. The van der Waals surface area contributed by atoms with Gasteiger partial charge < -0.3 is 131 Å². The van der Waals surface area contributed by atoms with Crippen LogP contribution in [0.25, 0.3) is 21.8 Å². The fourth-order valence-corrected chi connectivity index (χ4v) is 18.0. The molecule has 6 aromatic rings. The number of aliphatic hydroxyl groups is 1. The van der Waals surface area contributed by atoms with Crippen molar-refractivity contribution >= 4 is 140 Å². The smallest absolute Gasteiger partial charge is 0.303 e. The highest BCUT2D eigenvalue weighted by molar-refractivity contribution is 8.00. The predicted octanol–water partition coefficient (Wildman–Crippen LogP) is -2.11. The number of imidazole rings is 1. The van der Waals surface area contributed by atoms with Gasteiger partial charge in [0.05, 0.1) is 36.8 Å². The fourth-order valence-electron chi connectivity index (χ4n) is 17.1. The molecule has 3 aromatic heterocycles. The number of nitrogens with zero attached hydrogens (tertiary/aromatic N) is 6. The molecule has 0 saturated carbocycles. The minimum atomic E-state index is -1.80. The number of aliphatic carboxylic acids is 1. The molecule has 45 heteroatoms. The third kappa shape index (κ3) is 30.5. The zero-order chi connectivity index (χ0) is 101. The molecule has 3 aromatic carbocycles. The molecule has 0 aliphatic carbocycles. The van der Waals surface area contributed by atoms with Crippen molar-refractivity contribution in [3.05, 3.63) is 120 Å². The number of para-hydroxylation sites is 2. The van der Waals surface area contributed by atoms with Crippen molar-refractivity contribution in [3.63, 3.8) is 0 Å². The monoisotopic (exact) mass is 1940 g/mol. The Hall–Kier alpha value is -13.6. The molecule has 0 bridgehead atoms. The number of fused-ring (bicyclic) bond motifs is 4. The number of aliphatic hydroxyl groups excluding tert-OH is 1. The molecule has 9 rings (SSSR count). The number of phenols is 1. The minimum Gasteiger partial charge on any atom is -0.508 e. The van der Waals surface area contributed by atoms with Gasteiger partial charge in [-0.25, -0.2) is 4.98 Å². The number of H-pyrrole nitrogens is 3. The molecule has 24 N–H and O–H groups in total. The van der Waals surface area contributed by atoms with Crippen LogP contribution in [-0.2, 0) is 112 Å². The number of carboxylic acids is 1. The van der Waals surface area contributed by atoms with Gasteiger partial charge in [-0.1, -0.05) is 88.1 Å². The molecule has 750 valence electrons. The number of benzene rings is 3. The third-order valence-corrected chi connectivity index (χ3v) is 26.0. The Bertz CT molecular complexity index is 5270. The largest absolute Gasteiger partial charge is 0.508 e. The number of hydrogen-bond acceptors (Lipinski definition) is 24. The molecule has 17 amide bonds. The number of carbonyl (C=O) groups is 18. The number of aromatic hydroxyl groups is 1. The maximum atomic E-state index is 15.9. The number of amides is 17. The number of aromatic amines is 3. The van der Waals surface area contributed by atoms with Crippen LogP contribution in [0.5, 0.6) is 5.75 Å². The molecule has 0 radical (unpaired) electrons. The Morgan fingerprint density at radius 1 is 0.507 bits per heavy atom. The molecule has 44 nitrogen and oxygen atoms in total. The zero-order valence-corrected chi connectivity index (χ0v) is 79.3. The van der Waals surface area contributed by atoms with Gasteiger partial charge in [0, 0.05) is 119 Å². The van der Waals surface area contributed by atoms with Crippen molar-refractivity contribution in [2.45, 2.75) is 253 Å². The van der Waals surface area contributed by atoms with Gasteiger partial charge in [-0.05, 0) is 132 Å². The Balaban J connectivity index is 1.12. The molecule has 6 heterocycles. The van der Waals surface area contributed by atoms with Crippen molar-refractivity contribution in [2.75, 3.05) is 65.4 Å². The van der Waals surface area contributed by atoms with Crippen molar-refractivity contribution in [2.24, 2.45) is 22.9 Å². The number of aromatic nitrogens is 4. The van der Waals surface area contributed by atoms with Crippen molar-refractivity contribution in [3.8, 4) is 5.75 Å². The van der Waals surface area contributed by atoms with Crippen molar-refractivity contribution in [1.82, 2.24) is 97.6 Å². The second kappa shape index (κ2) is 52.7. The van der Waals surface area contributed by atoms with Crippen LogP contribution in [0, 0.1) is 0 Å². The molecule has 0 spiro atoms. The Morgan fingerprint density at radius 3 is 1.62 bits per heavy atom. The Kier molecular flexibility index (Phi) is 41.3. The minimum absolute atomic E-state index is 0.0184. The lowest BCUT2D eigenvalue weighted by Crippen LogP contribution is -2.61. The highest BCUT2D eigenvalue weighted by Crippen LogP contribution is 2.28. The van der Waals surface area contributed by atoms with E-state index in [0.29, 0.717) is 82.4 Å². The lowest BCUT2D eigenvalue weighted by molar-refractivity contribution is -0.149. The Morgan fingerprint density at radius 2 is 1.02 bits per heavy atom. The number of nitrogens with one attached hydrogen (secondary N) is 13. The van der Waals surface area contributed by atoms with Gasteiger partial charge in [0.1, 0.15) is 90.3 Å². The molecular formula is C93H131N23O21S. The molecule has 0 unspecified atom stereocenters. The van der Waals surface area contributed by atoms with E-state index in [2.05, 4.69) is 73.1 Å². The van der Waals surface area contributed by atoms with Crippen LogP contribution >= 0.6 is 11.8 Å². The first kappa shape index (κ1) is 108. The topological polar surface area (TPSA) is 669 Å². The van der Waals surface area contributed by atoms with Crippen LogP contribution < -0.4 is 76.1 Å². The summed E-state index contributed by atoms with van der Waals surface area (Å²) in [5.41, 5.74) is 26.2. The van der Waals surface area contributed by atoms with E-state index in [-0.39, 0.29) is 121 Å². The number of carbonyl (C=O) groups excluding carboxylic acids is 17. The van der Waals surface area contributed by atoms with E-state index < -0.39 is 241 Å². The van der Waals surface area contributed by atoms with Gasteiger partial charge in [-0.2, -0.15) is 0 Å². The molecule has 3 fully saturated rings. The second-order valence-electron chi connectivity index (χ2n) is 35.2. The maximum absolute atomic E-state index is 15.9. The van der Waals surface area contributed by atoms with Crippen LogP contribution in [0.1, 0.15) is 159 Å². The highest BCUT2D eigenvalue weighted by Gasteiger charge is 2.47. The van der Waals surface area contributed by atoms with Gasteiger partial charge in [0.15, 0.2) is 0 Å². The van der Waals surface area contributed by atoms with E-state index in [1.165, 1.54) is 64.9 Å². The van der Waals surface area contributed by atoms with Crippen LogP contribution in [0.3, 0.4) is 0 Å². The first-order chi connectivity index (χ1) is 65.9. The van der Waals surface area contributed by atoms with E-state index in [1.807, 2.05) is 6.92 Å². The highest BCUT2D eigenvalue weighted by atomic mass is 32.2. The molecule has 15 atom stereocenters. The Labute approximate surface area is 802 Å². The summed E-state index contributed by atoms with van der Waals surface area (Å²) in [6, 6.07) is -2.13. The zero-order valence-electron chi connectivity index (χ0n) is 78.5.